The minimum Gasteiger partial charge on any atom is -0.504 e. The summed E-state index contributed by atoms with van der Waals surface area (Å²) in [5.41, 5.74) is 0.646. The molecular formula is C12H18O3. The van der Waals surface area contributed by atoms with Crippen molar-refractivity contribution < 1.29 is 15.3 Å². The van der Waals surface area contributed by atoms with Crippen LogP contribution in [0.2, 0.25) is 0 Å². The van der Waals surface area contributed by atoms with Crippen molar-refractivity contribution in [3.8, 4) is 11.5 Å². The van der Waals surface area contributed by atoms with E-state index in [9.17, 15) is 10.2 Å². The average molecular weight is 210 g/mol. The van der Waals surface area contributed by atoms with Gasteiger partial charge in [0.2, 0.25) is 0 Å². The molecule has 0 amide bonds. The number of rotatable bonds is 2. The van der Waals surface area contributed by atoms with Crippen LogP contribution in [-0.4, -0.2) is 15.3 Å². The maximum absolute atomic E-state index is 9.88. The minimum absolute atomic E-state index is 0.0208. The molecule has 0 aromatic heterocycles. The molecule has 0 spiro atoms. The van der Waals surface area contributed by atoms with Gasteiger partial charge in [0.25, 0.3) is 0 Å². The van der Waals surface area contributed by atoms with Crippen molar-refractivity contribution in [1.82, 2.24) is 0 Å². The van der Waals surface area contributed by atoms with Gasteiger partial charge in [0.1, 0.15) is 0 Å². The molecule has 1 atom stereocenters. The third-order valence-electron chi connectivity index (χ3n) is 2.19. The number of hydrogen-bond donors (Lipinski definition) is 3. The molecule has 0 aliphatic rings. The van der Waals surface area contributed by atoms with Crippen molar-refractivity contribution in [2.24, 2.45) is 5.41 Å². The number of hydrogen-bond acceptors (Lipinski definition) is 3. The number of aromatic hydroxyl groups is 2. The normalized spacial score (nSPS) is 13.9. The third kappa shape index (κ3) is 3.44. The molecule has 0 aliphatic heterocycles. The van der Waals surface area contributed by atoms with Gasteiger partial charge in [0.15, 0.2) is 11.5 Å². The highest BCUT2D eigenvalue weighted by molar-refractivity contribution is 5.41. The quantitative estimate of drug-likeness (QED) is 0.657. The van der Waals surface area contributed by atoms with E-state index in [0.29, 0.717) is 12.0 Å². The molecule has 0 unspecified atom stereocenters. The molecule has 84 valence electrons. The van der Waals surface area contributed by atoms with Gasteiger partial charge in [-0.05, 0) is 29.5 Å². The molecule has 0 saturated heterocycles. The maximum Gasteiger partial charge on any atom is 0.157 e. The summed E-state index contributed by atoms with van der Waals surface area (Å²) in [7, 11) is 0. The van der Waals surface area contributed by atoms with Crippen LogP contribution in [0.1, 0.15) is 38.9 Å². The van der Waals surface area contributed by atoms with E-state index in [0.717, 1.165) is 0 Å². The second-order valence-electron chi connectivity index (χ2n) is 5.03. The predicted octanol–water partition coefficient (Wildman–Crippen LogP) is 2.57. The number of phenolic OH excluding ortho intramolecular Hbond substituents is 2. The van der Waals surface area contributed by atoms with E-state index in [1.165, 1.54) is 12.1 Å². The second-order valence-corrected chi connectivity index (χ2v) is 5.03. The summed E-state index contributed by atoms with van der Waals surface area (Å²) >= 11 is 0. The molecule has 0 radical (unpaired) electrons. The lowest BCUT2D eigenvalue weighted by Gasteiger charge is -2.22. The van der Waals surface area contributed by atoms with Crippen molar-refractivity contribution >= 4 is 0 Å². The van der Waals surface area contributed by atoms with Crippen LogP contribution in [0.15, 0.2) is 18.2 Å². The Morgan fingerprint density at radius 1 is 1.13 bits per heavy atom. The maximum atomic E-state index is 9.88. The first kappa shape index (κ1) is 11.9. The van der Waals surface area contributed by atoms with Crippen LogP contribution in [0.3, 0.4) is 0 Å². The van der Waals surface area contributed by atoms with Crippen molar-refractivity contribution in [3.63, 3.8) is 0 Å². The van der Waals surface area contributed by atoms with E-state index < -0.39 is 6.10 Å². The molecule has 0 saturated carbocycles. The summed E-state index contributed by atoms with van der Waals surface area (Å²) in [6.45, 7) is 6.11. The Balaban J connectivity index is 2.83. The Bertz CT molecular complexity index is 339. The lowest BCUT2D eigenvalue weighted by atomic mass is 9.87. The molecule has 15 heavy (non-hydrogen) atoms. The zero-order valence-corrected chi connectivity index (χ0v) is 9.36. The van der Waals surface area contributed by atoms with Crippen LogP contribution >= 0.6 is 0 Å². The fourth-order valence-corrected chi connectivity index (χ4v) is 1.45. The van der Waals surface area contributed by atoms with Crippen molar-refractivity contribution in [1.29, 1.82) is 0 Å². The molecule has 3 nitrogen and oxygen atoms in total. The van der Waals surface area contributed by atoms with E-state index in [2.05, 4.69) is 0 Å². The first-order chi connectivity index (χ1) is 6.79. The molecule has 3 N–H and O–H groups in total. The van der Waals surface area contributed by atoms with E-state index >= 15 is 0 Å². The van der Waals surface area contributed by atoms with Crippen LogP contribution in [0.5, 0.6) is 11.5 Å². The average Bonchev–Trinajstić information content (AvgIpc) is 2.06. The Kier molecular flexibility index (Phi) is 3.25. The van der Waals surface area contributed by atoms with Gasteiger partial charge in [-0.2, -0.15) is 0 Å². The van der Waals surface area contributed by atoms with Gasteiger partial charge >= 0.3 is 0 Å². The molecule has 3 heteroatoms. The van der Waals surface area contributed by atoms with Gasteiger partial charge in [0.05, 0.1) is 6.10 Å². The number of aliphatic hydroxyl groups excluding tert-OH is 1. The second kappa shape index (κ2) is 4.11. The summed E-state index contributed by atoms with van der Waals surface area (Å²) in [6.07, 6.45) is -0.00600. The van der Waals surface area contributed by atoms with Crippen LogP contribution in [0.25, 0.3) is 0 Å². The van der Waals surface area contributed by atoms with Gasteiger partial charge < -0.3 is 15.3 Å². The summed E-state index contributed by atoms with van der Waals surface area (Å²) in [6, 6.07) is 4.40. The first-order valence-corrected chi connectivity index (χ1v) is 4.99. The standard InChI is InChI=1S/C12H18O3/c1-12(2,3)7-11(15)8-4-5-9(13)10(14)6-8/h4-6,11,13-15H,7H2,1-3H3/t11-/m0/s1. The topological polar surface area (TPSA) is 60.7 Å². The smallest absolute Gasteiger partial charge is 0.157 e. The summed E-state index contributed by atoms with van der Waals surface area (Å²) in [5.74, 6) is -0.359. The summed E-state index contributed by atoms with van der Waals surface area (Å²) < 4.78 is 0. The number of phenols is 2. The zero-order valence-electron chi connectivity index (χ0n) is 9.36. The molecule has 0 fully saturated rings. The lowest BCUT2D eigenvalue weighted by Crippen LogP contribution is -2.11. The number of benzene rings is 1. The molecule has 0 aliphatic carbocycles. The largest absolute Gasteiger partial charge is 0.504 e. The highest BCUT2D eigenvalue weighted by Gasteiger charge is 2.18. The van der Waals surface area contributed by atoms with Crippen LogP contribution in [0, 0.1) is 5.41 Å². The van der Waals surface area contributed by atoms with Crippen LogP contribution in [0.4, 0.5) is 0 Å². The summed E-state index contributed by atoms with van der Waals surface area (Å²) in [5, 5.41) is 28.3. The van der Waals surface area contributed by atoms with Crippen molar-refractivity contribution in [2.45, 2.75) is 33.3 Å². The minimum atomic E-state index is -0.614. The van der Waals surface area contributed by atoms with E-state index in [1.54, 1.807) is 6.07 Å². The van der Waals surface area contributed by atoms with Gasteiger partial charge in [-0.15, -0.1) is 0 Å². The molecule has 0 bridgehead atoms. The molecule has 1 aromatic rings. The van der Waals surface area contributed by atoms with Gasteiger partial charge in [-0.3, -0.25) is 0 Å². The van der Waals surface area contributed by atoms with Gasteiger partial charge in [0, 0.05) is 0 Å². The van der Waals surface area contributed by atoms with E-state index in [4.69, 9.17) is 5.11 Å². The Hall–Kier alpha value is -1.22. The molecule has 1 aromatic carbocycles. The van der Waals surface area contributed by atoms with Crippen LogP contribution < -0.4 is 0 Å². The highest BCUT2D eigenvalue weighted by atomic mass is 16.3. The zero-order chi connectivity index (χ0) is 11.6. The van der Waals surface area contributed by atoms with Crippen molar-refractivity contribution in [3.05, 3.63) is 23.8 Å². The molecule has 0 heterocycles. The lowest BCUT2D eigenvalue weighted by molar-refractivity contribution is 0.122. The van der Waals surface area contributed by atoms with Gasteiger partial charge in [-0.25, -0.2) is 0 Å². The first-order valence-electron chi connectivity index (χ1n) is 4.99. The highest BCUT2D eigenvalue weighted by Crippen LogP contribution is 2.33. The number of aliphatic hydroxyl groups is 1. The Labute approximate surface area is 90.0 Å². The molecule has 1 rings (SSSR count). The van der Waals surface area contributed by atoms with E-state index in [-0.39, 0.29) is 16.9 Å². The SMILES string of the molecule is CC(C)(C)C[C@H](O)c1ccc(O)c(O)c1. The summed E-state index contributed by atoms with van der Waals surface area (Å²) in [4.78, 5) is 0. The monoisotopic (exact) mass is 210 g/mol. The Morgan fingerprint density at radius 3 is 2.20 bits per heavy atom. The van der Waals surface area contributed by atoms with E-state index in [1.807, 2.05) is 20.8 Å². The van der Waals surface area contributed by atoms with Gasteiger partial charge in [-0.1, -0.05) is 26.8 Å². The van der Waals surface area contributed by atoms with Crippen molar-refractivity contribution in [2.75, 3.05) is 0 Å². The van der Waals surface area contributed by atoms with Crippen LogP contribution in [-0.2, 0) is 0 Å². The molecular weight excluding hydrogens is 192 g/mol. The third-order valence-corrected chi connectivity index (χ3v) is 2.19. The Morgan fingerprint density at radius 2 is 1.73 bits per heavy atom. The fraction of sp³-hybridized carbons (Fsp3) is 0.500. The predicted molar refractivity (Wildman–Crippen MR) is 58.8 cm³/mol. The fourth-order valence-electron chi connectivity index (χ4n) is 1.45.